The third kappa shape index (κ3) is 6.46. The van der Waals surface area contributed by atoms with Crippen LogP contribution >= 0.6 is 11.8 Å². The zero-order valence-electron chi connectivity index (χ0n) is 12.8. The number of allylic oxidation sites excluding steroid dienone is 2. The minimum Gasteiger partial charge on any atom is -0.395 e. The van der Waals surface area contributed by atoms with Crippen molar-refractivity contribution in [2.24, 2.45) is 5.73 Å². The Morgan fingerprint density at radius 3 is 2.21 bits per heavy atom. The van der Waals surface area contributed by atoms with Gasteiger partial charge in [0.05, 0.1) is 5.75 Å². The molecule has 0 amide bonds. The largest absolute Gasteiger partial charge is 0.430 e. The van der Waals surface area contributed by atoms with Gasteiger partial charge >= 0.3 is 12.4 Å². The number of benzene rings is 1. The van der Waals surface area contributed by atoms with Crippen LogP contribution in [0.3, 0.4) is 0 Å². The second kappa shape index (κ2) is 7.50. The summed E-state index contributed by atoms with van der Waals surface area (Å²) in [5, 5.41) is 0. The highest BCUT2D eigenvalue weighted by Gasteiger charge is 2.32. The maximum Gasteiger partial charge on any atom is 0.430 e. The molecule has 0 atom stereocenters. The first-order valence-electron chi connectivity index (χ1n) is 6.66. The van der Waals surface area contributed by atoms with E-state index in [-0.39, 0.29) is 6.42 Å². The van der Waals surface area contributed by atoms with Crippen molar-refractivity contribution in [1.82, 2.24) is 0 Å². The number of rotatable bonds is 5. The highest BCUT2D eigenvalue weighted by atomic mass is 32.2. The third-order valence-electron chi connectivity index (χ3n) is 3.03. The number of ketones is 1. The van der Waals surface area contributed by atoms with Crippen LogP contribution in [0.4, 0.5) is 26.3 Å². The number of carbonyl (C=O) groups excluding carboxylic acids is 1. The smallest absolute Gasteiger partial charge is 0.395 e. The molecule has 1 aromatic carbocycles. The van der Waals surface area contributed by atoms with Gasteiger partial charge < -0.3 is 5.73 Å². The predicted molar refractivity (Wildman–Crippen MR) is 79.7 cm³/mol. The quantitative estimate of drug-likeness (QED) is 0.472. The molecule has 0 aliphatic heterocycles. The molecule has 0 aromatic heterocycles. The van der Waals surface area contributed by atoms with Crippen molar-refractivity contribution >= 4 is 17.5 Å². The first kappa shape index (κ1) is 20.4. The van der Waals surface area contributed by atoms with Crippen LogP contribution < -0.4 is 5.73 Å². The minimum atomic E-state index is -4.80. The molecule has 0 saturated carbocycles. The summed E-state index contributed by atoms with van der Waals surface area (Å²) in [6.45, 7) is 3.25. The number of hydrogen-bond donors (Lipinski definition) is 1. The average molecular weight is 371 g/mol. The molecule has 0 radical (unpaired) electrons. The number of aryl methyl sites for hydroxylation is 2. The maximum atomic E-state index is 12.3. The van der Waals surface area contributed by atoms with Crippen molar-refractivity contribution in [3.8, 4) is 0 Å². The molecule has 0 bridgehead atoms. The Balaban J connectivity index is 2.98. The van der Waals surface area contributed by atoms with Gasteiger partial charge in [-0.15, -0.1) is 11.8 Å². The lowest BCUT2D eigenvalue weighted by Crippen LogP contribution is -2.21. The Hall–Kier alpha value is -1.64. The molecule has 0 saturated heterocycles. The van der Waals surface area contributed by atoms with Gasteiger partial charge in [0, 0.05) is 17.4 Å². The van der Waals surface area contributed by atoms with Crippen molar-refractivity contribution in [3.63, 3.8) is 0 Å². The van der Waals surface area contributed by atoms with Gasteiger partial charge in [-0.05, 0) is 36.6 Å². The van der Waals surface area contributed by atoms with E-state index in [1.54, 1.807) is 19.9 Å². The van der Waals surface area contributed by atoms with E-state index in [0.29, 0.717) is 39.4 Å². The maximum absolute atomic E-state index is 12.3. The van der Waals surface area contributed by atoms with Gasteiger partial charge in [0.2, 0.25) is 0 Å². The van der Waals surface area contributed by atoms with Crippen molar-refractivity contribution in [3.05, 3.63) is 40.6 Å². The fourth-order valence-corrected chi connectivity index (χ4v) is 2.71. The summed E-state index contributed by atoms with van der Waals surface area (Å²) >= 11 is 0.566. The fraction of sp³-hybridized carbons (Fsp3) is 0.400. The number of alkyl halides is 6. The van der Waals surface area contributed by atoms with Crippen molar-refractivity contribution in [2.45, 2.75) is 37.5 Å². The molecule has 24 heavy (non-hydrogen) atoms. The van der Waals surface area contributed by atoms with E-state index in [1.165, 1.54) is 6.07 Å². The summed E-state index contributed by atoms with van der Waals surface area (Å²) in [7, 11) is 0. The lowest BCUT2D eigenvalue weighted by Gasteiger charge is -2.13. The van der Waals surface area contributed by atoms with Crippen molar-refractivity contribution in [1.29, 1.82) is 0 Å². The third-order valence-corrected chi connectivity index (χ3v) is 4.26. The summed E-state index contributed by atoms with van der Waals surface area (Å²) in [6.07, 6.45) is -9.22. The topological polar surface area (TPSA) is 43.1 Å². The molecular formula is C15H15F6NOS. The molecule has 0 aliphatic rings. The Kier molecular flexibility index (Phi) is 6.38. The van der Waals surface area contributed by atoms with Gasteiger partial charge in [0.25, 0.3) is 0 Å². The molecule has 1 rings (SSSR count). The van der Waals surface area contributed by atoms with Gasteiger partial charge in [-0.2, -0.15) is 26.3 Å². The van der Waals surface area contributed by atoms with Crippen LogP contribution in [-0.4, -0.2) is 23.9 Å². The Labute approximate surface area is 139 Å². The van der Waals surface area contributed by atoms with E-state index >= 15 is 0 Å². The number of nitrogens with two attached hydrogens (primary N) is 1. The Bertz CT molecular complexity index is 649. The molecule has 2 N–H and O–H groups in total. The second-order valence-electron chi connectivity index (χ2n) is 5.19. The van der Waals surface area contributed by atoms with Gasteiger partial charge in [0.15, 0.2) is 5.78 Å². The number of hydrogen-bond acceptors (Lipinski definition) is 3. The van der Waals surface area contributed by atoms with Crippen LogP contribution in [0.1, 0.15) is 16.7 Å². The lowest BCUT2D eigenvalue weighted by molar-refractivity contribution is -0.115. The van der Waals surface area contributed by atoms with Crippen LogP contribution in [0, 0.1) is 13.8 Å². The fourth-order valence-electron chi connectivity index (χ4n) is 1.87. The standard InChI is InChI=1S/C15H15F6NOS/c1-8-3-9(2)12(24-7-14(16,17)18)5-10(8)4-11(23)6-13(22)15(19,20)21/h3,5-6H,4,7,22H2,1-2H3/b13-6-. The van der Waals surface area contributed by atoms with Crippen LogP contribution in [-0.2, 0) is 11.2 Å². The van der Waals surface area contributed by atoms with E-state index in [0.717, 1.165) is 0 Å². The number of thioether (sulfide) groups is 1. The molecule has 0 heterocycles. The normalized spacial score (nSPS) is 13.2. The molecule has 1 aromatic rings. The van der Waals surface area contributed by atoms with E-state index in [4.69, 9.17) is 5.73 Å². The zero-order chi connectivity index (χ0) is 18.7. The summed E-state index contributed by atoms with van der Waals surface area (Å²) in [5.74, 6) is -1.96. The first-order chi connectivity index (χ1) is 10.8. The summed E-state index contributed by atoms with van der Waals surface area (Å²) < 4.78 is 73.8. The van der Waals surface area contributed by atoms with Gasteiger partial charge in [-0.1, -0.05) is 6.07 Å². The van der Waals surface area contributed by atoms with E-state index in [9.17, 15) is 31.1 Å². The van der Waals surface area contributed by atoms with Gasteiger partial charge in [0.1, 0.15) is 5.70 Å². The molecule has 0 fully saturated rings. The van der Waals surface area contributed by atoms with E-state index < -0.39 is 29.6 Å². The molecule has 0 spiro atoms. The molecule has 2 nitrogen and oxygen atoms in total. The number of halogens is 6. The lowest BCUT2D eigenvalue weighted by atomic mass is 10.0. The van der Waals surface area contributed by atoms with Crippen molar-refractivity contribution < 1.29 is 31.1 Å². The highest BCUT2D eigenvalue weighted by molar-refractivity contribution is 7.99. The minimum absolute atomic E-state index is 0.293. The summed E-state index contributed by atoms with van der Waals surface area (Å²) in [5.41, 5.74) is 4.84. The van der Waals surface area contributed by atoms with Crippen LogP contribution in [0.25, 0.3) is 0 Å². The molecule has 9 heteroatoms. The highest BCUT2D eigenvalue weighted by Crippen LogP contribution is 2.31. The summed E-state index contributed by atoms with van der Waals surface area (Å²) in [4.78, 5) is 12.0. The van der Waals surface area contributed by atoms with E-state index in [1.807, 2.05) is 0 Å². The molecule has 0 unspecified atom stereocenters. The average Bonchev–Trinajstić information content (AvgIpc) is 2.38. The van der Waals surface area contributed by atoms with Crippen LogP contribution in [0.2, 0.25) is 0 Å². The molecule has 0 aliphatic carbocycles. The Morgan fingerprint density at radius 1 is 1.12 bits per heavy atom. The molecule has 134 valence electrons. The van der Waals surface area contributed by atoms with Gasteiger partial charge in [-0.3, -0.25) is 4.79 Å². The van der Waals surface area contributed by atoms with E-state index in [2.05, 4.69) is 0 Å². The second-order valence-corrected chi connectivity index (χ2v) is 6.21. The zero-order valence-corrected chi connectivity index (χ0v) is 13.6. The monoisotopic (exact) mass is 371 g/mol. The molecular weight excluding hydrogens is 356 g/mol. The predicted octanol–water partition coefficient (Wildman–Crippen LogP) is 4.47. The van der Waals surface area contributed by atoms with Gasteiger partial charge in [-0.25, -0.2) is 0 Å². The summed E-state index contributed by atoms with van der Waals surface area (Å²) in [6, 6.07) is 2.99. The number of carbonyl (C=O) groups is 1. The van der Waals surface area contributed by atoms with Crippen molar-refractivity contribution in [2.75, 3.05) is 5.75 Å². The Morgan fingerprint density at radius 2 is 1.71 bits per heavy atom. The van der Waals surface area contributed by atoms with Crippen LogP contribution in [0.15, 0.2) is 28.8 Å². The first-order valence-corrected chi connectivity index (χ1v) is 7.65. The SMILES string of the molecule is Cc1cc(C)c(SCC(F)(F)F)cc1CC(=O)/C=C(\N)C(F)(F)F. The van der Waals surface area contributed by atoms with Crippen LogP contribution in [0.5, 0.6) is 0 Å².